The lowest BCUT2D eigenvalue weighted by Gasteiger charge is -2.13. The van der Waals surface area contributed by atoms with E-state index in [9.17, 15) is 0 Å². The monoisotopic (exact) mass is 243 g/mol. The molecule has 0 fully saturated rings. The molecule has 0 aliphatic rings. The highest BCUT2D eigenvalue weighted by Gasteiger charge is 2.09. The quantitative estimate of drug-likeness (QED) is 0.894. The lowest BCUT2D eigenvalue weighted by Crippen LogP contribution is -2.17. The minimum absolute atomic E-state index is 0.381. The summed E-state index contributed by atoms with van der Waals surface area (Å²) in [5, 5.41) is 7.84. The van der Waals surface area contributed by atoms with Gasteiger partial charge in [-0.25, -0.2) is 0 Å². The molecular formula is C15H21N3. The van der Waals surface area contributed by atoms with E-state index in [4.69, 9.17) is 0 Å². The van der Waals surface area contributed by atoms with Crippen LogP contribution in [0.5, 0.6) is 0 Å². The fraction of sp³-hybridized carbons (Fsp3) is 0.400. The fourth-order valence-electron chi connectivity index (χ4n) is 2.28. The predicted molar refractivity (Wildman–Crippen MR) is 75.5 cm³/mol. The molecule has 18 heavy (non-hydrogen) atoms. The lowest BCUT2D eigenvalue weighted by molar-refractivity contribution is 0.598. The molecule has 1 aromatic carbocycles. The van der Waals surface area contributed by atoms with Gasteiger partial charge in [0.2, 0.25) is 0 Å². The van der Waals surface area contributed by atoms with Gasteiger partial charge in [0.15, 0.2) is 0 Å². The lowest BCUT2D eigenvalue weighted by atomic mass is 10.0. The topological polar surface area (TPSA) is 29.9 Å². The van der Waals surface area contributed by atoms with E-state index in [0.29, 0.717) is 6.04 Å². The van der Waals surface area contributed by atoms with E-state index in [0.717, 1.165) is 12.2 Å². The van der Waals surface area contributed by atoms with Crippen molar-refractivity contribution in [2.24, 2.45) is 7.05 Å². The number of aromatic nitrogens is 2. The third kappa shape index (κ3) is 2.62. The van der Waals surface area contributed by atoms with Crippen molar-refractivity contribution in [2.45, 2.75) is 26.8 Å². The normalized spacial score (nSPS) is 12.7. The zero-order valence-corrected chi connectivity index (χ0v) is 11.6. The summed E-state index contributed by atoms with van der Waals surface area (Å²) in [6.07, 6.45) is 2.08. The molecule has 0 spiro atoms. The molecule has 96 valence electrons. The maximum atomic E-state index is 4.40. The molecule has 1 heterocycles. The second-order valence-electron chi connectivity index (χ2n) is 4.71. The molecule has 1 N–H and O–H groups in total. The Morgan fingerprint density at radius 1 is 1.39 bits per heavy atom. The van der Waals surface area contributed by atoms with E-state index < -0.39 is 0 Å². The largest absolute Gasteiger partial charge is 0.310 e. The molecule has 0 saturated carbocycles. The van der Waals surface area contributed by atoms with Gasteiger partial charge in [0.1, 0.15) is 0 Å². The van der Waals surface area contributed by atoms with Gasteiger partial charge >= 0.3 is 0 Å². The molecule has 2 aromatic rings. The maximum absolute atomic E-state index is 4.40. The summed E-state index contributed by atoms with van der Waals surface area (Å²) in [5.74, 6) is 0. The molecule has 0 bridgehead atoms. The standard InChI is InChI=1S/C15H21N3/c1-5-16-11(2)13-7-6-8-14(9-13)15-10-18(4)17-12(15)3/h6-11,16H,5H2,1-4H3. The second kappa shape index (κ2) is 5.36. The molecule has 0 radical (unpaired) electrons. The van der Waals surface area contributed by atoms with Gasteiger partial charge < -0.3 is 5.32 Å². The van der Waals surface area contributed by atoms with Crippen LogP contribution in [0.4, 0.5) is 0 Å². The van der Waals surface area contributed by atoms with Crippen LogP contribution in [0.3, 0.4) is 0 Å². The molecule has 2 rings (SSSR count). The molecule has 0 aliphatic heterocycles. The Hall–Kier alpha value is -1.61. The minimum atomic E-state index is 0.381. The van der Waals surface area contributed by atoms with E-state index in [1.807, 2.05) is 11.7 Å². The highest BCUT2D eigenvalue weighted by Crippen LogP contribution is 2.25. The zero-order chi connectivity index (χ0) is 13.1. The number of nitrogens with one attached hydrogen (secondary N) is 1. The number of hydrogen-bond acceptors (Lipinski definition) is 2. The summed E-state index contributed by atoms with van der Waals surface area (Å²) < 4.78 is 1.87. The van der Waals surface area contributed by atoms with Crippen molar-refractivity contribution in [1.29, 1.82) is 0 Å². The van der Waals surface area contributed by atoms with Crippen LogP contribution in [0.15, 0.2) is 30.5 Å². The maximum Gasteiger partial charge on any atom is 0.0671 e. The van der Waals surface area contributed by atoms with Crippen molar-refractivity contribution in [3.63, 3.8) is 0 Å². The SMILES string of the molecule is CCNC(C)c1cccc(-c2cn(C)nc2C)c1. The Balaban J connectivity index is 2.35. The molecular weight excluding hydrogens is 222 g/mol. The number of rotatable bonds is 4. The molecule has 0 amide bonds. The summed E-state index contributed by atoms with van der Waals surface area (Å²) in [5.41, 5.74) is 4.84. The molecule has 3 nitrogen and oxygen atoms in total. The zero-order valence-electron chi connectivity index (χ0n) is 11.6. The van der Waals surface area contributed by atoms with Gasteiger partial charge in [-0.1, -0.05) is 25.1 Å². The van der Waals surface area contributed by atoms with Gasteiger partial charge in [-0.3, -0.25) is 4.68 Å². The van der Waals surface area contributed by atoms with E-state index in [-0.39, 0.29) is 0 Å². The molecule has 1 aromatic heterocycles. The number of aryl methyl sites for hydroxylation is 2. The highest BCUT2D eigenvalue weighted by atomic mass is 15.2. The van der Waals surface area contributed by atoms with Gasteiger partial charge in [0.25, 0.3) is 0 Å². The van der Waals surface area contributed by atoms with Gasteiger partial charge in [-0.05, 0) is 37.6 Å². The van der Waals surface area contributed by atoms with Gasteiger partial charge in [0.05, 0.1) is 5.69 Å². The average molecular weight is 243 g/mol. The Labute approximate surface area is 109 Å². The smallest absolute Gasteiger partial charge is 0.0671 e. The van der Waals surface area contributed by atoms with Crippen LogP contribution in [0, 0.1) is 6.92 Å². The Kier molecular flexibility index (Phi) is 3.82. The van der Waals surface area contributed by atoms with E-state index in [1.165, 1.54) is 16.7 Å². The van der Waals surface area contributed by atoms with Gasteiger partial charge in [0, 0.05) is 24.8 Å². The summed E-state index contributed by atoms with van der Waals surface area (Å²) >= 11 is 0. The van der Waals surface area contributed by atoms with Crippen LogP contribution >= 0.6 is 0 Å². The predicted octanol–water partition coefficient (Wildman–Crippen LogP) is 3.07. The molecule has 0 aliphatic carbocycles. The highest BCUT2D eigenvalue weighted by molar-refractivity contribution is 5.65. The van der Waals surface area contributed by atoms with Crippen molar-refractivity contribution in [3.05, 3.63) is 41.7 Å². The third-order valence-corrected chi connectivity index (χ3v) is 3.22. The minimum Gasteiger partial charge on any atom is -0.310 e. The van der Waals surface area contributed by atoms with Crippen molar-refractivity contribution in [3.8, 4) is 11.1 Å². The third-order valence-electron chi connectivity index (χ3n) is 3.22. The first-order chi connectivity index (χ1) is 8.61. The van der Waals surface area contributed by atoms with Crippen LogP contribution in [0.2, 0.25) is 0 Å². The number of nitrogens with zero attached hydrogens (tertiary/aromatic N) is 2. The van der Waals surface area contributed by atoms with Crippen LogP contribution < -0.4 is 5.32 Å². The van der Waals surface area contributed by atoms with Crippen molar-refractivity contribution in [1.82, 2.24) is 15.1 Å². The van der Waals surface area contributed by atoms with E-state index >= 15 is 0 Å². The van der Waals surface area contributed by atoms with Crippen molar-refractivity contribution >= 4 is 0 Å². The Bertz CT molecular complexity index is 528. The van der Waals surface area contributed by atoms with Crippen molar-refractivity contribution < 1.29 is 0 Å². The molecule has 1 unspecified atom stereocenters. The molecule has 1 atom stereocenters. The van der Waals surface area contributed by atoms with E-state index in [1.54, 1.807) is 0 Å². The summed E-state index contributed by atoms with van der Waals surface area (Å²) in [4.78, 5) is 0. The van der Waals surface area contributed by atoms with Gasteiger partial charge in [-0.15, -0.1) is 0 Å². The first kappa shape index (κ1) is 12.8. The van der Waals surface area contributed by atoms with Crippen LogP contribution in [0.25, 0.3) is 11.1 Å². The summed E-state index contributed by atoms with van der Waals surface area (Å²) in [6.45, 7) is 7.36. The summed E-state index contributed by atoms with van der Waals surface area (Å²) in [6, 6.07) is 9.06. The van der Waals surface area contributed by atoms with Crippen molar-refractivity contribution in [2.75, 3.05) is 6.54 Å². The molecule has 3 heteroatoms. The average Bonchev–Trinajstić information content (AvgIpc) is 2.69. The first-order valence-electron chi connectivity index (χ1n) is 6.45. The first-order valence-corrected chi connectivity index (χ1v) is 6.45. The van der Waals surface area contributed by atoms with Crippen LogP contribution in [-0.4, -0.2) is 16.3 Å². The van der Waals surface area contributed by atoms with E-state index in [2.05, 4.69) is 61.6 Å². The Morgan fingerprint density at radius 3 is 2.78 bits per heavy atom. The molecule has 0 saturated heterocycles. The fourth-order valence-corrected chi connectivity index (χ4v) is 2.28. The van der Waals surface area contributed by atoms with Crippen LogP contribution in [0.1, 0.15) is 31.1 Å². The Morgan fingerprint density at radius 2 is 2.17 bits per heavy atom. The second-order valence-corrected chi connectivity index (χ2v) is 4.71. The van der Waals surface area contributed by atoms with Crippen LogP contribution in [-0.2, 0) is 7.05 Å². The summed E-state index contributed by atoms with van der Waals surface area (Å²) in [7, 11) is 1.96. The number of benzene rings is 1. The van der Waals surface area contributed by atoms with Gasteiger partial charge in [-0.2, -0.15) is 5.10 Å². The number of hydrogen-bond donors (Lipinski definition) is 1.